The van der Waals surface area contributed by atoms with Crippen LogP contribution in [-0.4, -0.2) is 7.11 Å². The second kappa shape index (κ2) is 5.44. The van der Waals surface area contributed by atoms with E-state index >= 15 is 0 Å². The lowest BCUT2D eigenvalue weighted by Crippen LogP contribution is -2.10. The Bertz CT molecular complexity index is 720. The Morgan fingerprint density at radius 1 is 1.15 bits per heavy atom. The number of rotatable bonds is 3. The van der Waals surface area contributed by atoms with Crippen LogP contribution in [0.4, 0.5) is 0 Å². The normalized spacial score (nSPS) is 12.6. The largest absolute Gasteiger partial charge is 0.497 e. The molecule has 1 aromatic heterocycles. The van der Waals surface area contributed by atoms with E-state index in [1.165, 1.54) is 10.1 Å². The van der Waals surface area contributed by atoms with Crippen molar-refractivity contribution in [2.75, 3.05) is 7.11 Å². The summed E-state index contributed by atoms with van der Waals surface area (Å²) in [5.74, 6) is 0.738. The van der Waals surface area contributed by atoms with Gasteiger partial charge in [0.15, 0.2) is 0 Å². The fourth-order valence-electron chi connectivity index (χ4n) is 2.20. The molecule has 2 nitrogen and oxygen atoms in total. The van der Waals surface area contributed by atoms with Crippen molar-refractivity contribution in [1.29, 1.82) is 0 Å². The van der Waals surface area contributed by atoms with Crippen molar-refractivity contribution in [3.63, 3.8) is 0 Å². The van der Waals surface area contributed by atoms with Gasteiger partial charge in [0, 0.05) is 14.6 Å². The molecule has 0 aliphatic rings. The average molecular weight is 304 g/mol. The van der Waals surface area contributed by atoms with Gasteiger partial charge in [-0.1, -0.05) is 35.9 Å². The van der Waals surface area contributed by atoms with Gasteiger partial charge in [-0.25, -0.2) is 0 Å². The summed E-state index contributed by atoms with van der Waals surface area (Å²) in [6.07, 6.45) is 0. The molecule has 2 N–H and O–H groups in total. The quantitative estimate of drug-likeness (QED) is 0.767. The number of nitrogens with two attached hydrogens (primary N) is 1. The Balaban J connectivity index is 2.01. The summed E-state index contributed by atoms with van der Waals surface area (Å²) in [6, 6.07) is 15.8. The van der Waals surface area contributed by atoms with Crippen LogP contribution in [0.15, 0.2) is 48.5 Å². The van der Waals surface area contributed by atoms with Crippen LogP contribution < -0.4 is 10.5 Å². The lowest BCUT2D eigenvalue weighted by molar-refractivity contribution is 0.414. The topological polar surface area (TPSA) is 35.2 Å². The standard InChI is InChI=1S/C16H14ClNOS/c1-19-11-6-7-12(13(17)9-11)16(18)15-8-10-4-2-3-5-14(10)20-15/h2-9,16H,18H2,1H3. The number of ether oxygens (including phenoxy) is 1. The minimum Gasteiger partial charge on any atom is -0.497 e. The van der Waals surface area contributed by atoms with Crippen molar-refractivity contribution >= 4 is 33.0 Å². The van der Waals surface area contributed by atoms with Crippen LogP contribution in [0, 0.1) is 0 Å². The minimum absolute atomic E-state index is 0.217. The van der Waals surface area contributed by atoms with Gasteiger partial charge in [0.1, 0.15) is 5.75 Å². The molecule has 1 heterocycles. The first-order chi connectivity index (χ1) is 9.69. The van der Waals surface area contributed by atoms with Gasteiger partial charge in [-0.2, -0.15) is 0 Å². The van der Waals surface area contributed by atoms with Gasteiger partial charge in [-0.15, -0.1) is 11.3 Å². The van der Waals surface area contributed by atoms with E-state index in [0.29, 0.717) is 5.02 Å². The van der Waals surface area contributed by atoms with E-state index in [0.717, 1.165) is 16.2 Å². The summed E-state index contributed by atoms with van der Waals surface area (Å²) in [5.41, 5.74) is 7.27. The smallest absolute Gasteiger partial charge is 0.120 e. The summed E-state index contributed by atoms with van der Waals surface area (Å²) in [4.78, 5) is 1.11. The molecule has 0 saturated heterocycles. The van der Waals surface area contributed by atoms with Crippen molar-refractivity contribution in [3.05, 3.63) is 64.0 Å². The monoisotopic (exact) mass is 303 g/mol. The van der Waals surface area contributed by atoms with Gasteiger partial charge >= 0.3 is 0 Å². The molecule has 3 rings (SSSR count). The summed E-state index contributed by atoms with van der Waals surface area (Å²) < 4.78 is 6.40. The highest BCUT2D eigenvalue weighted by atomic mass is 35.5. The molecule has 3 aromatic rings. The molecule has 0 amide bonds. The van der Waals surface area contributed by atoms with Gasteiger partial charge in [0.25, 0.3) is 0 Å². The molecule has 4 heteroatoms. The Kier molecular flexibility index (Phi) is 3.66. The van der Waals surface area contributed by atoms with E-state index in [1.54, 1.807) is 24.5 Å². The zero-order chi connectivity index (χ0) is 14.1. The first-order valence-electron chi connectivity index (χ1n) is 6.26. The predicted molar refractivity (Wildman–Crippen MR) is 85.9 cm³/mol. The van der Waals surface area contributed by atoms with Crippen LogP contribution in [0.1, 0.15) is 16.5 Å². The molecule has 0 bridgehead atoms. The number of benzene rings is 2. The summed E-state index contributed by atoms with van der Waals surface area (Å²) in [6.45, 7) is 0. The number of fused-ring (bicyclic) bond motifs is 1. The first-order valence-corrected chi connectivity index (χ1v) is 7.46. The number of hydrogen-bond donors (Lipinski definition) is 1. The van der Waals surface area contributed by atoms with E-state index < -0.39 is 0 Å². The Labute approximate surface area is 126 Å². The summed E-state index contributed by atoms with van der Waals surface area (Å²) >= 11 is 8.00. The SMILES string of the molecule is COc1ccc(C(N)c2cc3ccccc3s2)c(Cl)c1. The molecule has 0 fully saturated rings. The van der Waals surface area contributed by atoms with Crippen LogP contribution in [0.2, 0.25) is 5.02 Å². The third kappa shape index (κ3) is 2.40. The fourth-order valence-corrected chi connectivity index (χ4v) is 3.57. The maximum atomic E-state index is 6.36. The average Bonchev–Trinajstić information content (AvgIpc) is 2.90. The van der Waals surface area contributed by atoms with Crippen LogP contribution in [-0.2, 0) is 0 Å². The molecule has 1 atom stereocenters. The van der Waals surface area contributed by atoms with Crippen LogP contribution in [0.25, 0.3) is 10.1 Å². The third-order valence-electron chi connectivity index (χ3n) is 3.29. The zero-order valence-corrected chi connectivity index (χ0v) is 12.5. The highest BCUT2D eigenvalue weighted by Crippen LogP contribution is 2.35. The Hall–Kier alpha value is -1.55. The second-order valence-corrected chi connectivity index (χ2v) is 6.07. The maximum Gasteiger partial charge on any atom is 0.120 e. The van der Waals surface area contributed by atoms with Crippen LogP contribution in [0.5, 0.6) is 5.75 Å². The number of halogens is 1. The molecule has 20 heavy (non-hydrogen) atoms. The number of thiophene rings is 1. The third-order valence-corrected chi connectivity index (χ3v) is 4.82. The Morgan fingerprint density at radius 2 is 1.95 bits per heavy atom. The number of hydrogen-bond acceptors (Lipinski definition) is 3. The predicted octanol–water partition coefficient (Wildman–Crippen LogP) is 4.61. The van der Waals surface area contributed by atoms with Gasteiger partial charge in [-0.05, 0) is 35.2 Å². The highest BCUT2D eigenvalue weighted by Gasteiger charge is 2.15. The molecular formula is C16H14ClNOS. The van der Waals surface area contributed by atoms with Crippen molar-refractivity contribution < 1.29 is 4.74 Å². The van der Waals surface area contributed by atoms with Crippen LogP contribution >= 0.6 is 22.9 Å². The molecule has 0 spiro atoms. The lowest BCUT2D eigenvalue weighted by Gasteiger charge is -2.12. The van der Waals surface area contributed by atoms with Crippen molar-refractivity contribution in [3.8, 4) is 5.75 Å². The summed E-state index contributed by atoms with van der Waals surface area (Å²) in [7, 11) is 1.62. The van der Waals surface area contributed by atoms with E-state index in [1.807, 2.05) is 24.3 Å². The van der Waals surface area contributed by atoms with Crippen molar-refractivity contribution in [2.45, 2.75) is 6.04 Å². The molecule has 0 aliphatic heterocycles. The van der Waals surface area contributed by atoms with Gasteiger partial charge in [-0.3, -0.25) is 0 Å². The minimum atomic E-state index is -0.217. The molecular weight excluding hydrogens is 290 g/mol. The highest BCUT2D eigenvalue weighted by molar-refractivity contribution is 7.19. The maximum absolute atomic E-state index is 6.36. The van der Waals surface area contributed by atoms with E-state index in [2.05, 4.69) is 18.2 Å². The van der Waals surface area contributed by atoms with E-state index in [9.17, 15) is 0 Å². The van der Waals surface area contributed by atoms with Crippen LogP contribution in [0.3, 0.4) is 0 Å². The van der Waals surface area contributed by atoms with E-state index in [4.69, 9.17) is 22.1 Å². The second-order valence-electron chi connectivity index (χ2n) is 4.55. The summed E-state index contributed by atoms with van der Waals surface area (Å²) in [5, 5.41) is 1.85. The molecule has 2 aromatic carbocycles. The Morgan fingerprint density at radius 3 is 2.65 bits per heavy atom. The van der Waals surface area contributed by atoms with Crippen molar-refractivity contribution in [2.24, 2.45) is 5.73 Å². The van der Waals surface area contributed by atoms with Gasteiger partial charge < -0.3 is 10.5 Å². The molecule has 1 unspecified atom stereocenters. The van der Waals surface area contributed by atoms with Gasteiger partial charge in [0.05, 0.1) is 13.2 Å². The molecule has 102 valence electrons. The molecule has 0 radical (unpaired) electrons. The first kappa shape index (κ1) is 13.4. The van der Waals surface area contributed by atoms with E-state index in [-0.39, 0.29) is 6.04 Å². The zero-order valence-electron chi connectivity index (χ0n) is 11.0. The van der Waals surface area contributed by atoms with Crippen molar-refractivity contribution in [1.82, 2.24) is 0 Å². The number of methoxy groups -OCH3 is 1. The lowest BCUT2D eigenvalue weighted by atomic mass is 10.1. The molecule has 0 aliphatic carbocycles. The molecule has 0 saturated carbocycles. The fraction of sp³-hybridized carbons (Fsp3) is 0.125. The van der Waals surface area contributed by atoms with Gasteiger partial charge in [0.2, 0.25) is 0 Å².